The van der Waals surface area contributed by atoms with Gasteiger partial charge in [-0.3, -0.25) is 4.79 Å². The van der Waals surface area contributed by atoms with Gasteiger partial charge in [-0.05, 0) is 68.9 Å². The van der Waals surface area contributed by atoms with Crippen molar-refractivity contribution in [3.05, 3.63) is 158 Å². The lowest BCUT2D eigenvalue weighted by atomic mass is 9.80. The lowest BCUT2D eigenvalue weighted by Crippen LogP contribution is -2.50. The Morgan fingerprint density at radius 2 is 1.65 bits per heavy atom. The summed E-state index contributed by atoms with van der Waals surface area (Å²) < 4.78 is 13.3. The van der Waals surface area contributed by atoms with Crippen LogP contribution >= 0.6 is 15.9 Å². The summed E-state index contributed by atoms with van der Waals surface area (Å²) in [6, 6.07) is 36.8. The van der Waals surface area contributed by atoms with Crippen molar-refractivity contribution in [1.82, 2.24) is 5.32 Å². The molecule has 6 rings (SSSR count). The maximum absolute atomic E-state index is 14.8. The molecule has 48 heavy (non-hydrogen) atoms. The highest BCUT2D eigenvalue weighted by Gasteiger charge is 2.54. The molecule has 2 atom stereocenters. The molecule has 5 aromatic carbocycles. The highest BCUT2D eigenvalue weighted by Crippen LogP contribution is 2.44. The first-order chi connectivity index (χ1) is 23.5. The standard InChI is InChI=1S/C38H34BrN5O4/c39-34-16-6-3-10-28(34)23-38(37(46)41-24-29-13-7-12-26-9-1-4-14-32(26)29)35(33-15-5-2-11-30(33)25-42-44-40)48-36(43-38)27-17-19-31(20-18-27)47-22-8-21-45/h1-7,9-20,35,45H,8,21-25H2,(H,41,46)/t35-,38-/m1/s1. The van der Waals surface area contributed by atoms with Crippen LogP contribution in [0.3, 0.4) is 0 Å². The Bertz CT molecular complexity index is 1990. The first-order valence-electron chi connectivity index (χ1n) is 15.7. The van der Waals surface area contributed by atoms with E-state index < -0.39 is 11.6 Å². The zero-order valence-corrected chi connectivity index (χ0v) is 27.7. The second-order valence-corrected chi connectivity index (χ2v) is 12.3. The molecule has 0 aromatic heterocycles. The summed E-state index contributed by atoms with van der Waals surface area (Å²) in [6.45, 7) is 0.816. The molecule has 0 unspecified atom stereocenters. The van der Waals surface area contributed by atoms with E-state index >= 15 is 0 Å². The van der Waals surface area contributed by atoms with Crippen molar-refractivity contribution < 1.29 is 19.4 Å². The molecule has 0 bridgehead atoms. The zero-order valence-electron chi connectivity index (χ0n) is 26.1. The van der Waals surface area contributed by atoms with Gasteiger partial charge >= 0.3 is 0 Å². The van der Waals surface area contributed by atoms with Crippen LogP contribution < -0.4 is 10.1 Å². The molecule has 0 fully saturated rings. The third-order valence-electron chi connectivity index (χ3n) is 8.41. The number of azide groups is 1. The molecule has 1 amide bonds. The van der Waals surface area contributed by atoms with Crippen LogP contribution in [0.5, 0.6) is 5.75 Å². The number of halogens is 1. The SMILES string of the molecule is [N-]=[N+]=NCc1ccccc1[C@H]1OC(c2ccc(OCCCO)cc2)=N[C@@]1(Cc1ccccc1Br)C(=O)NCc1cccc2ccccc12. The van der Waals surface area contributed by atoms with E-state index in [-0.39, 0.29) is 32.0 Å². The molecule has 1 aliphatic rings. The maximum Gasteiger partial charge on any atom is 0.252 e. The third-order valence-corrected chi connectivity index (χ3v) is 9.18. The fourth-order valence-corrected chi connectivity index (χ4v) is 6.43. The molecule has 0 radical (unpaired) electrons. The van der Waals surface area contributed by atoms with Gasteiger partial charge in [-0.15, -0.1) is 0 Å². The average Bonchev–Trinajstić information content (AvgIpc) is 3.51. The van der Waals surface area contributed by atoms with Gasteiger partial charge in [0.05, 0.1) is 13.2 Å². The van der Waals surface area contributed by atoms with Crippen molar-refractivity contribution in [2.75, 3.05) is 13.2 Å². The minimum atomic E-state index is -1.44. The van der Waals surface area contributed by atoms with E-state index in [1.807, 2.05) is 97.1 Å². The number of amides is 1. The van der Waals surface area contributed by atoms with Crippen LogP contribution in [0.1, 0.15) is 40.3 Å². The monoisotopic (exact) mass is 703 g/mol. The average molecular weight is 705 g/mol. The summed E-state index contributed by atoms with van der Waals surface area (Å²) in [5, 5.41) is 18.3. The predicted molar refractivity (Wildman–Crippen MR) is 190 cm³/mol. The Labute approximate surface area is 287 Å². The second-order valence-electron chi connectivity index (χ2n) is 11.5. The highest BCUT2D eigenvalue weighted by atomic mass is 79.9. The molecule has 2 N–H and O–H groups in total. The van der Waals surface area contributed by atoms with E-state index in [2.05, 4.69) is 49.5 Å². The topological polar surface area (TPSA) is 129 Å². The lowest BCUT2D eigenvalue weighted by molar-refractivity contribution is -0.129. The van der Waals surface area contributed by atoms with Gasteiger partial charge in [0.25, 0.3) is 5.91 Å². The number of nitrogens with zero attached hydrogens (tertiary/aromatic N) is 4. The number of nitrogens with one attached hydrogen (secondary N) is 1. The molecule has 10 heteroatoms. The number of hydrogen-bond donors (Lipinski definition) is 2. The van der Waals surface area contributed by atoms with Crippen molar-refractivity contribution in [2.45, 2.75) is 37.6 Å². The fraction of sp³-hybridized carbons (Fsp3) is 0.211. The van der Waals surface area contributed by atoms with Crippen LogP contribution in [0.4, 0.5) is 0 Å². The number of benzene rings is 5. The molecule has 0 aliphatic carbocycles. The Kier molecular flexibility index (Phi) is 10.4. The molecular weight excluding hydrogens is 670 g/mol. The zero-order chi connectivity index (χ0) is 33.3. The normalized spacial score (nSPS) is 16.9. The summed E-state index contributed by atoms with van der Waals surface area (Å²) in [6.07, 6.45) is -0.0972. The van der Waals surface area contributed by atoms with Crippen LogP contribution in [0.2, 0.25) is 0 Å². The van der Waals surface area contributed by atoms with Gasteiger partial charge in [0.2, 0.25) is 5.90 Å². The van der Waals surface area contributed by atoms with Gasteiger partial charge in [-0.1, -0.05) is 106 Å². The van der Waals surface area contributed by atoms with E-state index in [1.54, 1.807) is 0 Å². The highest BCUT2D eigenvalue weighted by molar-refractivity contribution is 9.10. The maximum atomic E-state index is 14.8. The Morgan fingerprint density at radius 1 is 0.938 bits per heavy atom. The first-order valence-corrected chi connectivity index (χ1v) is 16.5. The van der Waals surface area contributed by atoms with Crippen LogP contribution in [0, 0.1) is 0 Å². The number of carbonyl (C=O) groups excluding carboxylic acids is 1. The summed E-state index contributed by atoms with van der Waals surface area (Å²) in [4.78, 5) is 23.0. The van der Waals surface area contributed by atoms with Crippen molar-refractivity contribution >= 4 is 38.5 Å². The quantitative estimate of drug-likeness (QED) is 0.0557. The number of ether oxygens (including phenoxy) is 2. The molecule has 242 valence electrons. The number of hydrogen-bond acceptors (Lipinski definition) is 6. The Balaban J connectivity index is 1.45. The fourth-order valence-electron chi connectivity index (χ4n) is 6.01. The number of fused-ring (bicyclic) bond motifs is 1. The van der Waals surface area contributed by atoms with E-state index in [9.17, 15) is 4.79 Å². The van der Waals surface area contributed by atoms with Gasteiger partial charge in [-0.2, -0.15) is 0 Å². The van der Waals surface area contributed by atoms with Gasteiger partial charge in [0.15, 0.2) is 11.6 Å². The number of aliphatic hydroxyl groups excluding tert-OH is 1. The summed E-state index contributed by atoms with van der Waals surface area (Å²) >= 11 is 3.69. The second kappa shape index (κ2) is 15.2. The summed E-state index contributed by atoms with van der Waals surface area (Å²) in [7, 11) is 0. The minimum Gasteiger partial charge on any atom is -0.494 e. The van der Waals surface area contributed by atoms with Crippen LogP contribution in [-0.2, 0) is 29.0 Å². The third kappa shape index (κ3) is 7.06. The Hall–Kier alpha value is -5.15. The van der Waals surface area contributed by atoms with Crippen molar-refractivity contribution in [2.24, 2.45) is 10.1 Å². The number of aliphatic hydroxyl groups is 1. The number of carbonyl (C=O) groups is 1. The van der Waals surface area contributed by atoms with E-state index in [0.717, 1.165) is 31.9 Å². The van der Waals surface area contributed by atoms with Crippen LogP contribution in [-0.4, -0.2) is 35.7 Å². The number of rotatable bonds is 13. The Morgan fingerprint density at radius 3 is 2.44 bits per heavy atom. The number of aliphatic imine (C=N–C) groups is 1. The molecule has 0 spiro atoms. The van der Waals surface area contributed by atoms with E-state index in [4.69, 9.17) is 25.1 Å². The molecule has 5 aromatic rings. The van der Waals surface area contributed by atoms with E-state index in [0.29, 0.717) is 35.8 Å². The van der Waals surface area contributed by atoms with Gasteiger partial charge in [0, 0.05) is 40.9 Å². The molecule has 1 aliphatic heterocycles. The van der Waals surface area contributed by atoms with Crippen molar-refractivity contribution in [3.8, 4) is 5.75 Å². The molecule has 9 nitrogen and oxygen atoms in total. The van der Waals surface area contributed by atoms with Gasteiger partial charge in [0.1, 0.15) is 5.75 Å². The summed E-state index contributed by atoms with van der Waals surface area (Å²) in [5.74, 6) is 0.663. The minimum absolute atomic E-state index is 0.0490. The smallest absolute Gasteiger partial charge is 0.252 e. The first kappa shape index (κ1) is 32.8. The lowest BCUT2D eigenvalue weighted by Gasteiger charge is -2.32. The molecular formula is C38H34BrN5O4. The van der Waals surface area contributed by atoms with Crippen molar-refractivity contribution in [3.63, 3.8) is 0 Å². The predicted octanol–water partition coefficient (Wildman–Crippen LogP) is 7.99. The van der Waals surface area contributed by atoms with Crippen molar-refractivity contribution in [1.29, 1.82) is 0 Å². The van der Waals surface area contributed by atoms with Crippen LogP contribution in [0.15, 0.2) is 130 Å². The van der Waals surface area contributed by atoms with Gasteiger partial charge < -0.3 is 19.9 Å². The van der Waals surface area contributed by atoms with E-state index in [1.165, 1.54) is 0 Å². The molecule has 0 saturated heterocycles. The van der Waals surface area contributed by atoms with Gasteiger partial charge in [-0.25, -0.2) is 4.99 Å². The molecule has 0 saturated carbocycles. The largest absolute Gasteiger partial charge is 0.494 e. The molecule has 1 heterocycles. The van der Waals surface area contributed by atoms with Crippen LogP contribution in [0.25, 0.3) is 21.2 Å². The summed E-state index contributed by atoms with van der Waals surface area (Å²) in [5.41, 5.74) is 11.7.